The van der Waals surface area contributed by atoms with Crippen LogP contribution in [0.1, 0.15) is 16.1 Å². The normalized spacial score (nSPS) is 11.3. The largest absolute Gasteiger partial charge is 0.451 e. The van der Waals surface area contributed by atoms with Crippen LogP contribution >= 0.6 is 0 Å². The fourth-order valence-electron chi connectivity index (χ4n) is 2.33. The molecule has 0 aliphatic carbocycles. The summed E-state index contributed by atoms with van der Waals surface area (Å²) >= 11 is 0. The number of aromatic nitrogens is 1. The smallest absolute Gasteiger partial charge is 0.416 e. The molecule has 0 saturated carbocycles. The number of benzene rings is 2. The van der Waals surface area contributed by atoms with Gasteiger partial charge in [-0.25, -0.2) is 4.79 Å². The maximum atomic E-state index is 12.5. The molecule has 0 radical (unpaired) electrons. The highest BCUT2D eigenvalue weighted by atomic mass is 19.4. The van der Waals surface area contributed by atoms with E-state index >= 15 is 0 Å². The van der Waals surface area contributed by atoms with Crippen molar-refractivity contribution in [3.05, 3.63) is 65.9 Å². The second kappa shape index (κ2) is 6.91. The summed E-state index contributed by atoms with van der Waals surface area (Å²) in [5.41, 5.74) is 0.313. The number of rotatable bonds is 4. The first-order valence-corrected chi connectivity index (χ1v) is 7.55. The summed E-state index contributed by atoms with van der Waals surface area (Å²) in [5.74, 6) is -1.36. The van der Waals surface area contributed by atoms with Crippen LogP contribution in [0.2, 0.25) is 0 Å². The molecule has 3 rings (SSSR count). The molecule has 3 aromatic rings. The molecule has 26 heavy (non-hydrogen) atoms. The molecule has 2 aromatic carbocycles. The summed E-state index contributed by atoms with van der Waals surface area (Å²) in [5, 5.41) is 3.19. The molecule has 0 saturated heterocycles. The Hall–Kier alpha value is -3.29. The molecule has 5 nitrogen and oxygen atoms in total. The van der Waals surface area contributed by atoms with Gasteiger partial charge >= 0.3 is 12.1 Å². The van der Waals surface area contributed by atoms with Crippen LogP contribution < -0.4 is 5.32 Å². The van der Waals surface area contributed by atoms with Crippen molar-refractivity contribution in [2.24, 2.45) is 0 Å². The topological polar surface area (TPSA) is 71.2 Å². The van der Waals surface area contributed by atoms with E-state index in [4.69, 9.17) is 4.74 Å². The van der Waals surface area contributed by atoms with Crippen molar-refractivity contribution in [3.63, 3.8) is 0 Å². The van der Waals surface area contributed by atoms with E-state index in [1.165, 1.54) is 0 Å². The van der Waals surface area contributed by atoms with E-state index in [1.807, 2.05) is 18.2 Å². The Labute approximate surface area is 145 Å². The second-order valence-corrected chi connectivity index (χ2v) is 5.47. The standard InChI is InChI=1S/C18H13F3N2O3/c19-18(20,21)12-5-7-13(8-6-12)22-16(24)10-26-17(25)15-9-11-3-1-2-4-14(11)23-15/h1-9,23H,10H2,(H,22,24). The first kappa shape index (κ1) is 17.5. The van der Waals surface area contributed by atoms with Gasteiger partial charge in [-0.2, -0.15) is 13.2 Å². The van der Waals surface area contributed by atoms with Gasteiger partial charge in [-0.3, -0.25) is 4.79 Å². The van der Waals surface area contributed by atoms with Crippen molar-refractivity contribution < 1.29 is 27.5 Å². The molecule has 1 amide bonds. The molecule has 8 heteroatoms. The highest BCUT2D eigenvalue weighted by Gasteiger charge is 2.30. The van der Waals surface area contributed by atoms with Crippen LogP contribution in [0.5, 0.6) is 0 Å². The number of esters is 1. The molecule has 0 aliphatic heterocycles. The van der Waals surface area contributed by atoms with E-state index in [0.717, 1.165) is 35.2 Å². The summed E-state index contributed by atoms with van der Waals surface area (Å²) in [7, 11) is 0. The number of anilines is 1. The van der Waals surface area contributed by atoms with Crippen molar-refractivity contribution >= 4 is 28.5 Å². The Bertz CT molecular complexity index is 913. The lowest BCUT2D eigenvalue weighted by atomic mass is 10.2. The minimum Gasteiger partial charge on any atom is -0.451 e. The van der Waals surface area contributed by atoms with E-state index in [2.05, 4.69) is 10.3 Å². The zero-order chi connectivity index (χ0) is 18.7. The first-order valence-electron chi connectivity index (χ1n) is 7.55. The summed E-state index contributed by atoms with van der Waals surface area (Å²) in [6, 6.07) is 12.8. The summed E-state index contributed by atoms with van der Waals surface area (Å²) in [6.45, 7) is -0.560. The minimum absolute atomic E-state index is 0.171. The van der Waals surface area contributed by atoms with Crippen LogP contribution in [0.4, 0.5) is 18.9 Å². The van der Waals surface area contributed by atoms with Crippen molar-refractivity contribution in [1.29, 1.82) is 0 Å². The van der Waals surface area contributed by atoms with Gasteiger partial charge in [0.15, 0.2) is 6.61 Å². The predicted molar refractivity (Wildman–Crippen MR) is 88.7 cm³/mol. The molecule has 0 aliphatic rings. The average Bonchev–Trinajstić information content (AvgIpc) is 3.03. The molecule has 1 heterocycles. The SMILES string of the molecule is O=C(COC(=O)c1cc2ccccc2[nH]1)Nc1ccc(C(F)(F)F)cc1. The van der Waals surface area contributed by atoms with Gasteiger partial charge in [-0.15, -0.1) is 0 Å². The average molecular weight is 362 g/mol. The third-order valence-electron chi connectivity index (χ3n) is 3.58. The fourth-order valence-corrected chi connectivity index (χ4v) is 2.33. The van der Waals surface area contributed by atoms with E-state index in [-0.39, 0.29) is 11.4 Å². The molecular weight excluding hydrogens is 349 g/mol. The third kappa shape index (κ3) is 4.02. The number of carbonyl (C=O) groups excluding carboxylic acids is 2. The summed E-state index contributed by atoms with van der Waals surface area (Å²) in [6.07, 6.45) is -4.45. The van der Waals surface area contributed by atoms with Crippen LogP contribution in [0.25, 0.3) is 10.9 Å². The molecule has 0 unspecified atom stereocenters. The van der Waals surface area contributed by atoms with Crippen LogP contribution in [-0.4, -0.2) is 23.5 Å². The fraction of sp³-hybridized carbons (Fsp3) is 0.111. The Morgan fingerprint density at radius 1 is 1.04 bits per heavy atom. The first-order chi connectivity index (χ1) is 12.3. The van der Waals surface area contributed by atoms with Crippen LogP contribution in [-0.2, 0) is 15.7 Å². The van der Waals surface area contributed by atoms with Gasteiger partial charge in [0, 0.05) is 16.6 Å². The van der Waals surface area contributed by atoms with Crippen LogP contribution in [0, 0.1) is 0 Å². The van der Waals surface area contributed by atoms with E-state index < -0.39 is 30.2 Å². The lowest BCUT2D eigenvalue weighted by molar-refractivity contribution is -0.137. The van der Waals surface area contributed by atoms with E-state index in [1.54, 1.807) is 12.1 Å². The van der Waals surface area contributed by atoms with Gasteiger partial charge in [0.1, 0.15) is 5.69 Å². The highest BCUT2D eigenvalue weighted by molar-refractivity contribution is 5.97. The summed E-state index contributed by atoms with van der Waals surface area (Å²) < 4.78 is 42.4. The number of amides is 1. The molecule has 0 bridgehead atoms. The number of H-pyrrole nitrogens is 1. The van der Waals surface area contributed by atoms with Gasteiger partial charge < -0.3 is 15.0 Å². The van der Waals surface area contributed by atoms with Crippen LogP contribution in [0.15, 0.2) is 54.6 Å². The van der Waals surface area contributed by atoms with E-state index in [0.29, 0.717) is 0 Å². The number of carbonyl (C=O) groups is 2. The third-order valence-corrected chi connectivity index (χ3v) is 3.58. The van der Waals surface area contributed by atoms with Crippen molar-refractivity contribution in [2.75, 3.05) is 11.9 Å². The molecule has 0 atom stereocenters. The quantitative estimate of drug-likeness (QED) is 0.690. The zero-order valence-electron chi connectivity index (χ0n) is 13.3. The van der Waals surface area contributed by atoms with Crippen molar-refractivity contribution in [1.82, 2.24) is 4.98 Å². The van der Waals surface area contributed by atoms with Gasteiger partial charge in [0.05, 0.1) is 5.56 Å². The molecule has 134 valence electrons. The number of fused-ring (bicyclic) bond motifs is 1. The van der Waals surface area contributed by atoms with Crippen molar-refractivity contribution in [2.45, 2.75) is 6.18 Å². The molecule has 0 spiro atoms. The highest BCUT2D eigenvalue weighted by Crippen LogP contribution is 2.29. The zero-order valence-corrected chi connectivity index (χ0v) is 13.3. The maximum absolute atomic E-state index is 12.5. The van der Waals surface area contributed by atoms with Crippen molar-refractivity contribution in [3.8, 4) is 0 Å². The number of ether oxygens (including phenoxy) is 1. The number of halogens is 3. The predicted octanol–water partition coefficient (Wildman–Crippen LogP) is 3.98. The Morgan fingerprint density at radius 2 is 1.73 bits per heavy atom. The lowest BCUT2D eigenvalue weighted by Crippen LogP contribution is -2.21. The van der Waals surface area contributed by atoms with Crippen LogP contribution in [0.3, 0.4) is 0 Å². The monoisotopic (exact) mass is 362 g/mol. The second-order valence-electron chi connectivity index (χ2n) is 5.47. The number of hydrogen-bond acceptors (Lipinski definition) is 3. The van der Waals surface area contributed by atoms with Gasteiger partial charge in [-0.05, 0) is 36.4 Å². The molecule has 1 aromatic heterocycles. The number of nitrogens with one attached hydrogen (secondary N) is 2. The van der Waals surface area contributed by atoms with E-state index in [9.17, 15) is 22.8 Å². The van der Waals surface area contributed by atoms with Gasteiger partial charge in [0.25, 0.3) is 5.91 Å². The number of para-hydroxylation sites is 1. The van der Waals surface area contributed by atoms with Gasteiger partial charge in [0.2, 0.25) is 0 Å². The molecule has 0 fully saturated rings. The van der Waals surface area contributed by atoms with Gasteiger partial charge in [-0.1, -0.05) is 18.2 Å². The Balaban J connectivity index is 1.55. The lowest BCUT2D eigenvalue weighted by Gasteiger charge is -2.09. The Morgan fingerprint density at radius 3 is 2.38 bits per heavy atom. The Kier molecular flexibility index (Phi) is 4.66. The number of hydrogen-bond donors (Lipinski definition) is 2. The number of aromatic amines is 1. The molecule has 2 N–H and O–H groups in total. The molecular formula is C18H13F3N2O3. The summed E-state index contributed by atoms with van der Waals surface area (Å²) in [4.78, 5) is 26.6. The maximum Gasteiger partial charge on any atom is 0.416 e. The minimum atomic E-state index is -4.45. The number of alkyl halides is 3.